The summed E-state index contributed by atoms with van der Waals surface area (Å²) in [5.74, 6) is -0.445. The van der Waals surface area contributed by atoms with Crippen LogP contribution in [0.2, 0.25) is 0 Å². The maximum Gasteiger partial charge on any atom is 0.276 e. The number of nitrogens with zero attached hydrogens (tertiary/aromatic N) is 2. The van der Waals surface area contributed by atoms with Crippen LogP contribution in [0.5, 0.6) is 0 Å². The Kier molecular flexibility index (Phi) is 3.84. The van der Waals surface area contributed by atoms with E-state index >= 15 is 0 Å². The van der Waals surface area contributed by atoms with Crippen molar-refractivity contribution >= 4 is 34.3 Å². The van der Waals surface area contributed by atoms with Crippen molar-refractivity contribution in [1.82, 2.24) is 5.43 Å². The Labute approximate surface area is 150 Å². The summed E-state index contributed by atoms with van der Waals surface area (Å²) in [6.07, 6.45) is 1.04. The maximum atomic E-state index is 13.2. The number of imide groups is 1. The molecule has 2 aromatic carbocycles. The molecular weight excluding hydrogens is 334 g/mol. The highest BCUT2D eigenvalue weighted by Crippen LogP contribution is 2.50. The fourth-order valence-corrected chi connectivity index (χ4v) is 4.34. The third kappa shape index (κ3) is 2.36. The third-order valence-electron chi connectivity index (χ3n) is 4.33. The van der Waals surface area contributed by atoms with E-state index in [4.69, 9.17) is 0 Å². The van der Waals surface area contributed by atoms with Crippen LogP contribution in [0.25, 0.3) is 0 Å². The average molecular weight is 351 g/mol. The van der Waals surface area contributed by atoms with E-state index in [1.54, 1.807) is 0 Å². The van der Waals surface area contributed by atoms with Gasteiger partial charge < -0.3 is 0 Å². The molecule has 126 valence electrons. The number of hydrazone groups is 1. The van der Waals surface area contributed by atoms with Crippen molar-refractivity contribution in [2.24, 2.45) is 5.10 Å². The van der Waals surface area contributed by atoms with Gasteiger partial charge in [0.2, 0.25) is 10.8 Å². The summed E-state index contributed by atoms with van der Waals surface area (Å²) in [5.41, 5.74) is 5.40. The number of carbonyl (C=O) groups is 2. The summed E-state index contributed by atoms with van der Waals surface area (Å²) in [6, 6.07) is 17.1. The number of rotatable bonds is 3. The van der Waals surface area contributed by atoms with E-state index in [1.165, 1.54) is 16.7 Å². The number of carbonyl (C=O) groups excluding carboxylic acids is 2. The second-order valence-corrected chi connectivity index (χ2v) is 7.18. The highest BCUT2D eigenvalue weighted by molar-refractivity contribution is 8.16. The lowest BCUT2D eigenvalue weighted by molar-refractivity contribution is -0.127. The fraction of sp³-hybridized carbons (Fsp3) is 0.211. The molecule has 0 radical (unpaired) electrons. The molecule has 0 aromatic heterocycles. The van der Waals surface area contributed by atoms with E-state index in [9.17, 15) is 9.59 Å². The predicted octanol–water partition coefficient (Wildman–Crippen LogP) is 3.21. The Bertz CT molecular complexity index is 881. The molecule has 2 aliphatic rings. The molecule has 2 amide bonds. The number of para-hydroxylation sites is 1. The van der Waals surface area contributed by atoms with Crippen LogP contribution in [-0.2, 0) is 14.5 Å². The quantitative estimate of drug-likeness (QED) is 0.922. The zero-order valence-electron chi connectivity index (χ0n) is 13.7. The molecule has 4 rings (SSSR count). The van der Waals surface area contributed by atoms with Crippen molar-refractivity contribution in [1.29, 1.82) is 0 Å². The van der Waals surface area contributed by atoms with Crippen molar-refractivity contribution in [3.05, 3.63) is 65.7 Å². The lowest BCUT2D eigenvalue weighted by atomic mass is 10.1. The summed E-state index contributed by atoms with van der Waals surface area (Å²) < 4.78 is 0. The van der Waals surface area contributed by atoms with Gasteiger partial charge in [-0.1, -0.05) is 67.2 Å². The molecule has 0 fully saturated rings. The molecule has 1 atom stereocenters. The van der Waals surface area contributed by atoms with Gasteiger partial charge in [0, 0.05) is 17.5 Å². The minimum atomic E-state index is -1.06. The molecule has 1 unspecified atom stereocenters. The Hall–Kier alpha value is -2.60. The van der Waals surface area contributed by atoms with Gasteiger partial charge in [0.05, 0.1) is 5.69 Å². The normalized spacial score (nSPS) is 21.2. The van der Waals surface area contributed by atoms with Crippen LogP contribution in [0.3, 0.4) is 0 Å². The Morgan fingerprint density at radius 3 is 2.64 bits per heavy atom. The first-order chi connectivity index (χ1) is 12.2. The van der Waals surface area contributed by atoms with Crippen molar-refractivity contribution in [2.75, 3.05) is 4.90 Å². The van der Waals surface area contributed by atoms with Crippen LogP contribution >= 0.6 is 11.8 Å². The molecule has 0 saturated carbocycles. The second kappa shape index (κ2) is 6.04. The highest BCUT2D eigenvalue weighted by Gasteiger charge is 2.56. The van der Waals surface area contributed by atoms with Gasteiger partial charge in [0.1, 0.15) is 5.04 Å². The van der Waals surface area contributed by atoms with E-state index < -0.39 is 4.87 Å². The Balaban J connectivity index is 1.74. The molecule has 0 bridgehead atoms. The highest BCUT2D eigenvalue weighted by atomic mass is 32.2. The first-order valence-electron chi connectivity index (χ1n) is 8.23. The summed E-state index contributed by atoms with van der Waals surface area (Å²) in [5, 5.41) is 5.15. The van der Waals surface area contributed by atoms with Crippen LogP contribution in [0.1, 0.15) is 30.9 Å². The zero-order valence-corrected chi connectivity index (χ0v) is 14.5. The van der Waals surface area contributed by atoms with Crippen molar-refractivity contribution in [3.8, 4) is 0 Å². The lowest BCUT2D eigenvalue weighted by Crippen LogP contribution is -2.46. The second-order valence-electron chi connectivity index (χ2n) is 5.98. The van der Waals surface area contributed by atoms with Crippen molar-refractivity contribution < 1.29 is 9.59 Å². The fourth-order valence-electron chi connectivity index (χ4n) is 3.15. The van der Waals surface area contributed by atoms with E-state index in [2.05, 4.69) is 10.5 Å². The topological polar surface area (TPSA) is 61.8 Å². The summed E-state index contributed by atoms with van der Waals surface area (Å²) >= 11 is 1.36. The number of fused-ring (bicyclic) bond motifs is 2. The Morgan fingerprint density at radius 2 is 1.88 bits per heavy atom. The van der Waals surface area contributed by atoms with Crippen LogP contribution < -0.4 is 10.3 Å². The standard InChI is InChI=1S/C19H17N3O2S/c1-2-8-16(23)22-15-12-7-6-11-14(15)19(18(22)24)21-20-17(25-19)13-9-4-3-5-10-13/h3-7,9-12,21H,2,8H2,1H3. The molecule has 25 heavy (non-hydrogen) atoms. The minimum Gasteiger partial charge on any atom is -0.279 e. The predicted molar refractivity (Wildman–Crippen MR) is 99.2 cm³/mol. The summed E-state index contributed by atoms with van der Waals surface area (Å²) in [4.78, 5) is 26.0. The molecular formula is C19H17N3O2S. The van der Waals surface area contributed by atoms with Gasteiger partial charge in [-0.05, 0) is 12.5 Å². The molecule has 1 N–H and O–H groups in total. The van der Waals surface area contributed by atoms with Crippen LogP contribution in [0, 0.1) is 0 Å². The number of thioether (sulfide) groups is 1. The maximum absolute atomic E-state index is 13.2. The van der Waals surface area contributed by atoms with Gasteiger partial charge in [-0.3, -0.25) is 15.0 Å². The zero-order chi connectivity index (χ0) is 17.4. The summed E-state index contributed by atoms with van der Waals surface area (Å²) in [7, 11) is 0. The lowest BCUT2D eigenvalue weighted by Gasteiger charge is -2.21. The molecule has 0 saturated heterocycles. The van der Waals surface area contributed by atoms with E-state index in [1.807, 2.05) is 61.5 Å². The monoisotopic (exact) mass is 351 g/mol. The summed E-state index contributed by atoms with van der Waals surface area (Å²) in [6.45, 7) is 1.93. The average Bonchev–Trinajstić information content (AvgIpc) is 3.19. The van der Waals surface area contributed by atoms with Crippen LogP contribution in [-0.4, -0.2) is 16.9 Å². The smallest absolute Gasteiger partial charge is 0.276 e. The van der Waals surface area contributed by atoms with Gasteiger partial charge in [-0.15, -0.1) is 0 Å². The first kappa shape index (κ1) is 15.9. The molecule has 6 heteroatoms. The molecule has 1 spiro atoms. The van der Waals surface area contributed by atoms with Crippen molar-refractivity contribution in [2.45, 2.75) is 24.6 Å². The van der Waals surface area contributed by atoms with Crippen molar-refractivity contribution in [3.63, 3.8) is 0 Å². The number of benzene rings is 2. The van der Waals surface area contributed by atoms with Gasteiger partial charge in [-0.25, -0.2) is 4.90 Å². The van der Waals surface area contributed by atoms with Crippen LogP contribution in [0.4, 0.5) is 5.69 Å². The Morgan fingerprint density at radius 1 is 1.16 bits per heavy atom. The van der Waals surface area contributed by atoms with Gasteiger partial charge in [0.15, 0.2) is 0 Å². The number of hydrogen-bond donors (Lipinski definition) is 1. The third-order valence-corrected chi connectivity index (χ3v) is 5.64. The molecule has 2 heterocycles. The molecule has 5 nitrogen and oxygen atoms in total. The van der Waals surface area contributed by atoms with E-state index in [0.717, 1.165) is 16.2 Å². The number of amides is 2. The number of nitrogens with one attached hydrogen (secondary N) is 1. The molecule has 0 aliphatic carbocycles. The first-order valence-corrected chi connectivity index (χ1v) is 9.05. The number of anilines is 1. The van der Waals surface area contributed by atoms with Gasteiger partial charge >= 0.3 is 0 Å². The van der Waals surface area contributed by atoms with Gasteiger partial charge in [-0.2, -0.15) is 5.10 Å². The van der Waals surface area contributed by atoms with Crippen LogP contribution in [0.15, 0.2) is 59.7 Å². The molecule has 2 aromatic rings. The van der Waals surface area contributed by atoms with E-state index in [-0.39, 0.29) is 11.8 Å². The molecule has 2 aliphatic heterocycles. The SMILES string of the molecule is CCCC(=O)N1C(=O)C2(NN=C(c3ccccc3)S2)c2ccccc21. The van der Waals surface area contributed by atoms with Gasteiger partial charge in [0.25, 0.3) is 5.91 Å². The largest absolute Gasteiger partial charge is 0.279 e. The minimum absolute atomic E-state index is 0.174. The van der Waals surface area contributed by atoms with E-state index in [0.29, 0.717) is 18.5 Å². The number of hydrogen-bond acceptors (Lipinski definition) is 5.